The van der Waals surface area contributed by atoms with Crippen LogP contribution < -0.4 is 27.4 Å². The number of nitrogens with one attached hydrogen (secondary N) is 3. The Balaban J connectivity index is 0.000000192. The zero-order chi connectivity index (χ0) is 34.6. The van der Waals surface area contributed by atoms with Gasteiger partial charge in [-0.15, -0.1) is 6.58 Å². The summed E-state index contributed by atoms with van der Waals surface area (Å²) in [5, 5.41) is 9.56. The molecule has 15 nitrogen and oxygen atoms in total. The molecule has 4 aromatic heterocycles. The lowest BCUT2D eigenvalue weighted by atomic mass is 10.2. The maximum atomic E-state index is 11.1. The van der Waals surface area contributed by atoms with Crippen LogP contribution in [0.2, 0.25) is 5.15 Å². The summed E-state index contributed by atoms with van der Waals surface area (Å²) in [5.41, 5.74) is 14.1. The summed E-state index contributed by atoms with van der Waals surface area (Å²) in [6.45, 7) is 4.26. The molecule has 0 saturated heterocycles. The number of carbonyl (C=O) groups is 2. The number of hydrogen-bond acceptors (Lipinski definition) is 13. The quantitative estimate of drug-likeness (QED) is 0.0921. The predicted molar refractivity (Wildman–Crippen MR) is 186 cm³/mol. The Morgan fingerprint density at radius 3 is 1.65 bits per heavy atom. The van der Waals surface area contributed by atoms with Crippen molar-refractivity contribution in [1.82, 2.24) is 39.9 Å². The van der Waals surface area contributed by atoms with Crippen molar-refractivity contribution >= 4 is 52.5 Å². The van der Waals surface area contributed by atoms with Crippen molar-refractivity contribution in [2.45, 2.75) is 0 Å². The molecule has 0 bridgehead atoms. The number of amides is 2. The molecule has 0 aliphatic carbocycles. The van der Waals surface area contributed by atoms with Crippen LogP contribution in [0.25, 0.3) is 22.8 Å². The Labute approximate surface area is 285 Å². The van der Waals surface area contributed by atoms with Crippen LogP contribution in [0.3, 0.4) is 0 Å². The molecule has 6 rings (SSSR count). The van der Waals surface area contributed by atoms with Crippen LogP contribution in [0.4, 0.5) is 29.1 Å². The molecular weight excluding hydrogens is 646 g/mol. The first-order chi connectivity index (χ1) is 23.8. The fraction of sp³-hybridized carbons (Fsp3) is 0.0303. The van der Waals surface area contributed by atoms with Crippen molar-refractivity contribution in [2.75, 3.05) is 22.5 Å². The number of rotatable bonds is 11. The van der Waals surface area contributed by atoms with Gasteiger partial charge in [-0.05, 0) is 72.8 Å². The van der Waals surface area contributed by atoms with Gasteiger partial charge < -0.3 is 27.4 Å². The van der Waals surface area contributed by atoms with Gasteiger partial charge in [-0.3, -0.25) is 9.59 Å². The highest BCUT2D eigenvalue weighted by molar-refractivity contribution is 6.31. The van der Waals surface area contributed by atoms with E-state index in [-0.39, 0.29) is 0 Å². The van der Waals surface area contributed by atoms with Crippen LogP contribution in [0.1, 0.15) is 20.7 Å². The minimum Gasteiger partial charge on any atom is -0.366 e. The number of benzene rings is 2. The van der Waals surface area contributed by atoms with Crippen LogP contribution in [0, 0.1) is 0 Å². The van der Waals surface area contributed by atoms with Crippen molar-refractivity contribution in [2.24, 2.45) is 11.5 Å². The summed E-state index contributed by atoms with van der Waals surface area (Å²) >= 11 is 6.04. The van der Waals surface area contributed by atoms with Gasteiger partial charge in [-0.2, -0.15) is 9.97 Å². The highest BCUT2D eigenvalue weighted by Crippen LogP contribution is 2.25. The molecule has 244 valence electrons. The van der Waals surface area contributed by atoms with Crippen molar-refractivity contribution in [3.63, 3.8) is 0 Å². The SMILES string of the molecule is C=CCNc1ncccc1-c1ncnc(Nc2ccc(C(N)=O)cc2)n1.NC(=O)c1ccc(Nc2ncnc(-c3cccnc3Cl)n2)cc1. The highest BCUT2D eigenvalue weighted by atomic mass is 35.5. The van der Waals surface area contributed by atoms with Crippen molar-refractivity contribution in [3.05, 3.63) is 127 Å². The van der Waals surface area contributed by atoms with E-state index in [1.54, 1.807) is 79.1 Å². The molecule has 7 N–H and O–H groups in total. The molecule has 4 heterocycles. The monoisotopic (exact) mass is 673 g/mol. The van der Waals surface area contributed by atoms with E-state index in [1.165, 1.54) is 12.7 Å². The van der Waals surface area contributed by atoms with Gasteiger partial charge in [0.2, 0.25) is 23.7 Å². The Bertz CT molecular complexity index is 2080. The van der Waals surface area contributed by atoms with Crippen LogP contribution in [-0.4, -0.2) is 58.2 Å². The van der Waals surface area contributed by atoms with Gasteiger partial charge in [-0.25, -0.2) is 29.9 Å². The average molecular weight is 674 g/mol. The lowest BCUT2D eigenvalue weighted by molar-refractivity contribution is 0.0992. The van der Waals surface area contributed by atoms with E-state index in [9.17, 15) is 9.59 Å². The molecule has 16 heteroatoms. The van der Waals surface area contributed by atoms with Gasteiger partial charge >= 0.3 is 0 Å². The van der Waals surface area contributed by atoms with Crippen molar-refractivity contribution in [3.8, 4) is 22.8 Å². The third-order valence-electron chi connectivity index (χ3n) is 6.46. The van der Waals surface area contributed by atoms with Gasteiger partial charge in [0.25, 0.3) is 0 Å². The maximum Gasteiger partial charge on any atom is 0.248 e. The molecule has 0 radical (unpaired) electrons. The van der Waals surface area contributed by atoms with Gasteiger partial charge in [0.05, 0.1) is 11.1 Å². The molecule has 0 unspecified atom stereocenters. The summed E-state index contributed by atoms with van der Waals surface area (Å²) < 4.78 is 0. The Morgan fingerprint density at radius 1 is 0.673 bits per heavy atom. The Hall–Kier alpha value is -6.87. The van der Waals surface area contributed by atoms with Crippen LogP contribution in [-0.2, 0) is 0 Å². The Morgan fingerprint density at radius 2 is 1.16 bits per heavy atom. The third kappa shape index (κ3) is 9.11. The lowest BCUT2D eigenvalue weighted by Gasteiger charge is -2.09. The third-order valence-corrected chi connectivity index (χ3v) is 6.76. The summed E-state index contributed by atoms with van der Waals surface area (Å²) in [6, 6.07) is 20.6. The fourth-order valence-corrected chi connectivity index (χ4v) is 4.32. The Kier molecular flexibility index (Phi) is 11.0. The smallest absolute Gasteiger partial charge is 0.248 e. The number of primary amides is 2. The minimum absolute atomic E-state index is 0.315. The lowest BCUT2D eigenvalue weighted by Crippen LogP contribution is -2.10. The number of anilines is 5. The number of aromatic nitrogens is 8. The van der Waals surface area contributed by atoms with E-state index in [2.05, 4.69) is 62.4 Å². The number of nitrogens with zero attached hydrogens (tertiary/aromatic N) is 8. The highest BCUT2D eigenvalue weighted by Gasteiger charge is 2.11. The summed E-state index contributed by atoms with van der Waals surface area (Å²) in [7, 11) is 0. The standard InChI is InChI=1S/C18H17N7O.C15H11ClN6O/c1-2-9-20-16-14(4-3-10-21-16)17-22-11-23-18(25-17)24-13-7-5-12(6-8-13)15(19)26;16-12-11(2-1-7-18-12)14-19-8-20-15(22-14)21-10-5-3-9(4-6-10)13(17)23/h2-8,10-11H,1,9H2,(H2,19,26)(H,20,21)(H,22,23,24,25);1-8H,(H2,17,23)(H,19,20,21,22). The average Bonchev–Trinajstić information content (AvgIpc) is 3.12. The van der Waals surface area contributed by atoms with E-state index in [0.717, 1.165) is 11.3 Å². The van der Waals surface area contributed by atoms with E-state index in [1.807, 2.05) is 12.1 Å². The van der Waals surface area contributed by atoms with Gasteiger partial charge in [-0.1, -0.05) is 17.7 Å². The molecule has 0 atom stereocenters. The van der Waals surface area contributed by atoms with Crippen molar-refractivity contribution < 1.29 is 9.59 Å². The fourth-order valence-electron chi connectivity index (χ4n) is 4.11. The number of halogens is 1. The summed E-state index contributed by atoms with van der Waals surface area (Å²) in [6.07, 6.45) is 7.83. The van der Waals surface area contributed by atoms with Crippen LogP contribution in [0.15, 0.2) is 110 Å². The maximum absolute atomic E-state index is 11.1. The van der Waals surface area contributed by atoms with Gasteiger partial charge in [0.15, 0.2) is 11.6 Å². The number of hydrogen-bond donors (Lipinski definition) is 5. The first-order valence-corrected chi connectivity index (χ1v) is 14.8. The molecule has 49 heavy (non-hydrogen) atoms. The molecular formula is C33H28ClN13O2. The molecule has 2 amide bonds. The number of carbonyl (C=O) groups excluding carboxylic acids is 2. The minimum atomic E-state index is -0.481. The summed E-state index contributed by atoms with van der Waals surface area (Å²) in [4.78, 5) is 55.7. The normalized spacial score (nSPS) is 10.2. The van der Waals surface area contributed by atoms with E-state index < -0.39 is 11.8 Å². The second-order valence-corrected chi connectivity index (χ2v) is 10.2. The van der Waals surface area contributed by atoms with Crippen LogP contribution >= 0.6 is 11.6 Å². The second-order valence-electron chi connectivity index (χ2n) is 9.81. The van der Waals surface area contributed by atoms with Crippen molar-refractivity contribution in [1.29, 1.82) is 0 Å². The summed E-state index contributed by atoms with van der Waals surface area (Å²) in [5.74, 6) is 1.32. The molecule has 0 fully saturated rings. The molecule has 0 aliphatic heterocycles. The molecule has 0 spiro atoms. The topological polar surface area (TPSA) is 225 Å². The predicted octanol–water partition coefficient (Wildman–Crippen LogP) is 4.80. The van der Waals surface area contributed by atoms with Gasteiger partial charge in [0, 0.05) is 41.4 Å². The molecule has 0 saturated carbocycles. The number of pyridine rings is 2. The van der Waals surface area contributed by atoms with E-state index >= 15 is 0 Å². The molecule has 0 aliphatic rings. The molecule has 2 aromatic carbocycles. The molecule has 6 aromatic rings. The largest absolute Gasteiger partial charge is 0.366 e. The van der Waals surface area contributed by atoms with E-state index in [0.29, 0.717) is 63.4 Å². The zero-order valence-corrected chi connectivity index (χ0v) is 26.4. The number of nitrogens with two attached hydrogens (primary N) is 2. The first-order valence-electron chi connectivity index (χ1n) is 14.4. The van der Waals surface area contributed by atoms with Gasteiger partial charge in [0.1, 0.15) is 23.6 Å². The first kappa shape index (κ1) is 33.5. The van der Waals surface area contributed by atoms with E-state index in [4.69, 9.17) is 23.1 Å². The van der Waals surface area contributed by atoms with Crippen LogP contribution in [0.5, 0.6) is 0 Å². The second kappa shape index (κ2) is 16.1. The zero-order valence-electron chi connectivity index (χ0n) is 25.7.